The topological polar surface area (TPSA) is 44.5 Å². The van der Waals surface area contributed by atoms with Gasteiger partial charge in [0.25, 0.3) is 0 Å². The molecule has 1 rings (SSSR count). The molecule has 0 amide bonds. The molecule has 2 atom stereocenters. The summed E-state index contributed by atoms with van der Waals surface area (Å²) in [5.74, 6) is 0. The van der Waals surface area contributed by atoms with E-state index in [9.17, 15) is 0 Å². The molecule has 0 aliphatic heterocycles. The summed E-state index contributed by atoms with van der Waals surface area (Å²) >= 11 is 0. The molecule has 2 unspecified atom stereocenters. The monoisotopic (exact) mass is 279 g/mol. The van der Waals surface area contributed by atoms with Crippen LogP contribution in [-0.2, 0) is 9.47 Å². The second kappa shape index (κ2) is 7.77. The first-order chi connectivity index (χ1) is 9.39. The van der Waals surface area contributed by atoms with Gasteiger partial charge in [-0.2, -0.15) is 0 Å². The summed E-state index contributed by atoms with van der Waals surface area (Å²) in [5.41, 5.74) is 8.46. The molecule has 3 heteroatoms. The minimum Gasteiger partial charge on any atom is -0.379 e. The molecule has 0 bridgehead atoms. The standard InChI is InChI=1S/C17H29NO2/c1-6-15(18)16(14-9-7-13(2)8-10-14)20-12-11-17(3,4)19-5/h7-10,15-16H,6,11-12,18H2,1-5H3. The quantitative estimate of drug-likeness (QED) is 0.790. The van der Waals surface area contributed by atoms with Gasteiger partial charge in [-0.1, -0.05) is 36.8 Å². The smallest absolute Gasteiger partial charge is 0.0975 e. The van der Waals surface area contributed by atoms with Crippen molar-refractivity contribution >= 4 is 0 Å². The molecule has 0 aromatic heterocycles. The molecular weight excluding hydrogens is 250 g/mol. The molecule has 0 saturated heterocycles. The van der Waals surface area contributed by atoms with E-state index in [2.05, 4.69) is 52.0 Å². The Morgan fingerprint density at radius 2 is 1.80 bits per heavy atom. The predicted molar refractivity (Wildman–Crippen MR) is 83.8 cm³/mol. The van der Waals surface area contributed by atoms with Crippen LogP contribution < -0.4 is 5.73 Å². The maximum absolute atomic E-state index is 6.21. The van der Waals surface area contributed by atoms with Crippen molar-refractivity contribution in [1.82, 2.24) is 0 Å². The first-order valence-electron chi connectivity index (χ1n) is 7.38. The van der Waals surface area contributed by atoms with Crippen LogP contribution in [0.4, 0.5) is 0 Å². The van der Waals surface area contributed by atoms with Gasteiger partial charge in [0, 0.05) is 13.2 Å². The van der Waals surface area contributed by atoms with Gasteiger partial charge in [0.05, 0.1) is 18.3 Å². The molecule has 0 saturated carbocycles. The van der Waals surface area contributed by atoms with Crippen molar-refractivity contribution in [2.24, 2.45) is 5.73 Å². The van der Waals surface area contributed by atoms with Crippen molar-refractivity contribution in [1.29, 1.82) is 0 Å². The van der Waals surface area contributed by atoms with E-state index in [4.69, 9.17) is 15.2 Å². The van der Waals surface area contributed by atoms with Gasteiger partial charge in [-0.3, -0.25) is 0 Å². The van der Waals surface area contributed by atoms with E-state index >= 15 is 0 Å². The van der Waals surface area contributed by atoms with Crippen LogP contribution in [0.15, 0.2) is 24.3 Å². The Bertz CT molecular complexity index is 386. The third-order valence-electron chi connectivity index (χ3n) is 3.82. The van der Waals surface area contributed by atoms with Crippen LogP contribution in [0.2, 0.25) is 0 Å². The van der Waals surface area contributed by atoms with Gasteiger partial charge < -0.3 is 15.2 Å². The number of aryl methyl sites for hydroxylation is 1. The van der Waals surface area contributed by atoms with Gasteiger partial charge in [-0.15, -0.1) is 0 Å². The van der Waals surface area contributed by atoms with Crippen LogP contribution in [-0.4, -0.2) is 25.4 Å². The lowest BCUT2D eigenvalue weighted by molar-refractivity contribution is -0.0332. The van der Waals surface area contributed by atoms with E-state index in [1.807, 2.05) is 0 Å². The Labute approximate surface area is 123 Å². The van der Waals surface area contributed by atoms with Crippen molar-refractivity contribution in [2.75, 3.05) is 13.7 Å². The number of rotatable bonds is 8. The van der Waals surface area contributed by atoms with Crippen molar-refractivity contribution in [2.45, 2.75) is 58.3 Å². The minimum atomic E-state index is -0.159. The van der Waals surface area contributed by atoms with E-state index in [0.717, 1.165) is 18.4 Å². The predicted octanol–water partition coefficient (Wildman–Crippen LogP) is 3.61. The average molecular weight is 279 g/mol. The van der Waals surface area contributed by atoms with Crippen LogP contribution in [0.1, 0.15) is 50.8 Å². The van der Waals surface area contributed by atoms with E-state index in [0.29, 0.717) is 6.61 Å². The summed E-state index contributed by atoms with van der Waals surface area (Å²) in [7, 11) is 1.73. The zero-order chi connectivity index (χ0) is 15.2. The summed E-state index contributed by atoms with van der Waals surface area (Å²) in [6.45, 7) is 8.95. The largest absolute Gasteiger partial charge is 0.379 e. The van der Waals surface area contributed by atoms with Crippen LogP contribution in [0.25, 0.3) is 0 Å². The molecule has 0 aliphatic carbocycles. The van der Waals surface area contributed by atoms with Crippen LogP contribution in [0, 0.1) is 6.92 Å². The molecule has 3 nitrogen and oxygen atoms in total. The molecule has 1 aromatic rings. The van der Waals surface area contributed by atoms with Crippen molar-refractivity contribution in [3.8, 4) is 0 Å². The SMILES string of the molecule is CCC(N)C(OCCC(C)(C)OC)c1ccc(C)cc1. The highest BCUT2D eigenvalue weighted by molar-refractivity contribution is 5.24. The molecule has 0 spiro atoms. The maximum atomic E-state index is 6.21. The second-order valence-electron chi connectivity index (χ2n) is 5.99. The summed E-state index contributed by atoms with van der Waals surface area (Å²) in [5, 5.41) is 0. The van der Waals surface area contributed by atoms with Crippen LogP contribution >= 0.6 is 0 Å². The number of ether oxygens (including phenoxy) is 2. The highest BCUT2D eigenvalue weighted by Crippen LogP contribution is 2.24. The number of nitrogens with two attached hydrogens (primary N) is 1. The number of methoxy groups -OCH3 is 1. The van der Waals surface area contributed by atoms with Crippen molar-refractivity contribution < 1.29 is 9.47 Å². The van der Waals surface area contributed by atoms with Gasteiger partial charge in [0.2, 0.25) is 0 Å². The minimum absolute atomic E-state index is 0.0170. The molecule has 114 valence electrons. The van der Waals surface area contributed by atoms with Gasteiger partial charge in [-0.05, 0) is 39.2 Å². The molecule has 1 aromatic carbocycles. The molecule has 0 heterocycles. The normalized spacial score (nSPS) is 15.1. The second-order valence-corrected chi connectivity index (χ2v) is 5.99. The first-order valence-corrected chi connectivity index (χ1v) is 7.38. The molecule has 2 N–H and O–H groups in total. The lowest BCUT2D eigenvalue weighted by atomic mass is 9.99. The van der Waals surface area contributed by atoms with Gasteiger partial charge in [-0.25, -0.2) is 0 Å². The molecular formula is C17H29NO2. The van der Waals surface area contributed by atoms with Gasteiger partial charge in [0.1, 0.15) is 0 Å². The Hall–Kier alpha value is -0.900. The lowest BCUT2D eigenvalue weighted by Gasteiger charge is -2.27. The summed E-state index contributed by atoms with van der Waals surface area (Å²) < 4.78 is 11.5. The molecule has 0 fully saturated rings. The van der Waals surface area contributed by atoms with E-state index < -0.39 is 0 Å². The van der Waals surface area contributed by atoms with Crippen LogP contribution in [0.5, 0.6) is 0 Å². The summed E-state index contributed by atoms with van der Waals surface area (Å²) in [6.07, 6.45) is 1.70. The Morgan fingerprint density at radius 3 is 2.30 bits per heavy atom. The first kappa shape index (κ1) is 17.2. The molecule has 20 heavy (non-hydrogen) atoms. The highest BCUT2D eigenvalue weighted by Gasteiger charge is 2.21. The molecule has 0 aliphatic rings. The van der Waals surface area contributed by atoms with Gasteiger partial charge >= 0.3 is 0 Å². The Balaban J connectivity index is 2.68. The van der Waals surface area contributed by atoms with E-state index in [1.165, 1.54) is 5.56 Å². The zero-order valence-electron chi connectivity index (χ0n) is 13.5. The van der Waals surface area contributed by atoms with Crippen molar-refractivity contribution in [3.63, 3.8) is 0 Å². The van der Waals surface area contributed by atoms with E-state index in [-0.39, 0.29) is 17.7 Å². The van der Waals surface area contributed by atoms with Crippen molar-refractivity contribution in [3.05, 3.63) is 35.4 Å². The third-order valence-corrected chi connectivity index (χ3v) is 3.82. The third kappa shape index (κ3) is 5.23. The highest BCUT2D eigenvalue weighted by atomic mass is 16.5. The fourth-order valence-corrected chi connectivity index (χ4v) is 1.97. The summed E-state index contributed by atoms with van der Waals surface area (Å²) in [6, 6.07) is 8.44. The zero-order valence-corrected chi connectivity index (χ0v) is 13.5. The Kier molecular flexibility index (Phi) is 6.66. The lowest BCUT2D eigenvalue weighted by Crippen LogP contribution is -2.31. The number of hydrogen-bond acceptors (Lipinski definition) is 3. The van der Waals surface area contributed by atoms with E-state index in [1.54, 1.807) is 7.11 Å². The fraction of sp³-hybridized carbons (Fsp3) is 0.647. The fourth-order valence-electron chi connectivity index (χ4n) is 1.97. The van der Waals surface area contributed by atoms with Crippen LogP contribution in [0.3, 0.4) is 0 Å². The number of benzene rings is 1. The summed E-state index contributed by atoms with van der Waals surface area (Å²) in [4.78, 5) is 0. The Morgan fingerprint density at radius 1 is 1.20 bits per heavy atom. The maximum Gasteiger partial charge on any atom is 0.0975 e. The molecule has 0 radical (unpaired) electrons. The number of hydrogen-bond donors (Lipinski definition) is 1. The van der Waals surface area contributed by atoms with Gasteiger partial charge in [0.15, 0.2) is 0 Å². The average Bonchev–Trinajstić information content (AvgIpc) is 2.44.